The fourth-order valence-electron chi connectivity index (χ4n) is 4.63. The number of fused-ring (bicyclic) bond motifs is 3. The van der Waals surface area contributed by atoms with E-state index >= 15 is 0 Å². The van der Waals surface area contributed by atoms with Gasteiger partial charge in [-0.3, -0.25) is 0 Å². The molecule has 1 aromatic carbocycles. The van der Waals surface area contributed by atoms with E-state index in [1.807, 2.05) is 13.0 Å². The molecule has 0 aromatic heterocycles. The van der Waals surface area contributed by atoms with Gasteiger partial charge in [0.2, 0.25) is 0 Å². The number of urea groups is 1. The molecule has 3 aliphatic rings. The first-order valence-corrected chi connectivity index (χ1v) is 11.3. The minimum Gasteiger partial charge on any atom is -0.308 e. The second-order valence-electron chi connectivity index (χ2n) is 8.08. The number of carbonyl (C=O) groups excluding carboxylic acids is 1. The van der Waals surface area contributed by atoms with Gasteiger partial charge in [-0.1, -0.05) is 6.08 Å². The first-order chi connectivity index (χ1) is 12.9. The number of rotatable bonds is 4. The van der Waals surface area contributed by atoms with Crippen molar-refractivity contribution in [2.75, 3.05) is 11.9 Å². The van der Waals surface area contributed by atoms with Crippen molar-refractivity contribution in [2.24, 2.45) is 0 Å². The highest BCUT2D eigenvalue weighted by Crippen LogP contribution is 2.38. The first-order valence-electron chi connectivity index (χ1n) is 9.80. The van der Waals surface area contributed by atoms with Gasteiger partial charge in [-0.25, -0.2) is 17.9 Å². The molecule has 1 aliphatic heterocycles. The molecule has 1 heterocycles. The predicted octanol–water partition coefficient (Wildman–Crippen LogP) is 2.77. The fourth-order valence-corrected chi connectivity index (χ4v) is 5.49. The summed E-state index contributed by atoms with van der Waals surface area (Å²) in [7, 11) is -3.83. The molecule has 3 N–H and O–H groups in total. The molecule has 146 valence electrons. The van der Waals surface area contributed by atoms with Gasteiger partial charge in [0.05, 0.1) is 0 Å². The Morgan fingerprint density at radius 1 is 1.11 bits per heavy atom. The molecular weight excluding hydrogens is 362 g/mol. The topological polar surface area (TPSA) is 87.3 Å². The Bertz CT molecular complexity index is 900. The Labute approximate surface area is 160 Å². The molecule has 0 saturated carbocycles. The second-order valence-corrected chi connectivity index (χ2v) is 9.64. The highest BCUT2D eigenvalue weighted by atomic mass is 32.2. The van der Waals surface area contributed by atoms with Crippen molar-refractivity contribution in [1.29, 1.82) is 0 Å². The number of aryl methyl sites for hydroxylation is 1. The van der Waals surface area contributed by atoms with Crippen LogP contribution in [0.3, 0.4) is 0 Å². The van der Waals surface area contributed by atoms with Gasteiger partial charge in [-0.2, -0.15) is 0 Å². The molecule has 4 rings (SSSR count). The number of sulfonamides is 1. The zero-order valence-corrected chi connectivity index (χ0v) is 16.5. The Kier molecular flexibility index (Phi) is 4.76. The molecule has 2 amide bonds. The largest absolute Gasteiger partial charge is 0.333 e. The van der Waals surface area contributed by atoms with Crippen LogP contribution >= 0.6 is 0 Å². The highest BCUT2D eigenvalue weighted by Gasteiger charge is 2.27. The Morgan fingerprint density at radius 2 is 1.85 bits per heavy atom. The van der Waals surface area contributed by atoms with E-state index in [-0.39, 0.29) is 5.54 Å². The Balaban J connectivity index is 1.47. The summed E-state index contributed by atoms with van der Waals surface area (Å²) in [6.45, 7) is 2.83. The number of carbonyl (C=O) groups is 1. The lowest BCUT2D eigenvalue weighted by Gasteiger charge is -2.19. The van der Waals surface area contributed by atoms with Crippen LogP contribution in [-0.2, 0) is 35.7 Å². The maximum Gasteiger partial charge on any atom is 0.333 e. The first kappa shape index (κ1) is 18.5. The van der Waals surface area contributed by atoms with E-state index in [1.54, 1.807) is 6.08 Å². The summed E-state index contributed by atoms with van der Waals surface area (Å²) in [4.78, 5) is 12.4. The van der Waals surface area contributed by atoms with Gasteiger partial charge in [0.15, 0.2) is 0 Å². The number of nitrogens with one attached hydrogen (secondary N) is 3. The molecule has 1 atom stereocenters. The van der Waals surface area contributed by atoms with Crippen LogP contribution in [0.1, 0.15) is 54.9 Å². The molecule has 27 heavy (non-hydrogen) atoms. The van der Waals surface area contributed by atoms with Crippen molar-refractivity contribution in [2.45, 2.75) is 63.8 Å². The van der Waals surface area contributed by atoms with Crippen LogP contribution in [0.4, 0.5) is 10.5 Å². The van der Waals surface area contributed by atoms with E-state index in [4.69, 9.17) is 0 Å². The zero-order chi connectivity index (χ0) is 19.1. The molecule has 2 aliphatic carbocycles. The van der Waals surface area contributed by atoms with Crippen molar-refractivity contribution in [3.63, 3.8) is 0 Å². The van der Waals surface area contributed by atoms with Crippen LogP contribution in [0.15, 0.2) is 17.6 Å². The lowest BCUT2D eigenvalue weighted by atomic mass is 9.98. The lowest BCUT2D eigenvalue weighted by molar-refractivity contribution is 0.256. The van der Waals surface area contributed by atoms with Crippen molar-refractivity contribution in [3.8, 4) is 0 Å². The highest BCUT2D eigenvalue weighted by molar-refractivity contribution is 7.92. The zero-order valence-electron chi connectivity index (χ0n) is 15.7. The lowest BCUT2D eigenvalue weighted by Crippen LogP contribution is -2.36. The summed E-state index contributed by atoms with van der Waals surface area (Å²) in [5.74, 6) is 0. The van der Waals surface area contributed by atoms with Crippen LogP contribution < -0.4 is 15.4 Å². The van der Waals surface area contributed by atoms with Gasteiger partial charge in [0.25, 0.3) is 10.0 Å². The SMILES string of the molecule is C[C@@]1(/C=C/S(=O)(=O)NC(=O)Nc2cc3c(c4c2CCC4)CCC3)CCCN1. The average Bonchev–Trinajstić information content (AvgIpc) is 3.32. The molecule has 7 heteroatoms. The molecule has 0 bridgehead atoms. The number of benzene rings is 1. The van der Waals surface area contributed by atoms with Crippen LogP contribution in [0.5, 0.6) is 0 Å². The fraction of sp³-hybridized carbons (Fsp3) is 0.550. The van der Waals surface area contributed by atoms with Gasteiger partial charge in [-0.05, 0) is 93.2 Å². The van der Waals surface area contributed by atoms with Crippen molar-refractivity contribution >= 4 is 21.7 Å². The van der Waals surface area contributed by atoms with Crippen LogP contribution in [0.25, 0.3) is 0 Å². The molecule has 6 nitrogen and oxygen atoms in total. The van der Waals surface area contributed by atoms with Gasteiger partial charge in [0.1, 0.15) is 0 Å². The number of hydrogen-bond donors (Lipinski definition) is 3. The Morgan fingerprint density at radius 3 is 2.63 bits per heavy atom. The predicted molar refractivity (Wildman–Crippen MR) is 106 cm³/mol. The summed E-state index contributed by atoms with van der Waals surface area (Å²) in [5.41, 5.74) is 5.76. The van der Waals surface area contributed by atoms with Crippen LogP contribution in [-0.4, -0.2) is 26.5 Å². The van der Waals surface area contributed by atoms with Crippen molar-refractivity contribution in [1.82, 2.24) is 10.0 Å². The smallest absolute Gasteiger partial charge is 0.308 e. The van der Waals surface area contributed by atoms with Gasteiger partial charge in [0, 0.05) is 16.6 Å². The minimum absolute atomic E-state index is 0.327. The quantitative estimate of drug-likeness (QED) is 0.739. The summed E-state index contributed by atoms with van der Waals surface area (Å²) in [5, 5.41) is 7.15. The maximum atomic E-state index is 12.4. The number of anilines is 1. The molecule has 1 saturated heterocycles. The average molecular weight is 390 g/mol. The van der Waals surface area contributed by atoms with E-state index in [0.717, 1.165) is 69.0 Å². The van der Waals surface area contributed by atoms with Crippen LogP contribution in [0.2, 0.25) is 0 Å². The second kappa shape index (κ2) is 6.95. The van der Waals surface area contributed by atoms with E-state index in [9.17, 15) is 13.2 Å². The molecule has 1 fully saturated rings. The summed E-state index contributed by atoms with van der Waals surface area (Å²) in [6.07, 6.45) is 9.92. The standard InChI is InChI=1S/C20H27N3O3S/c1-20(9-4-11-21-20)10-12-27(25,26)23-19(24)22-18-13-14-5-2-6-15(14)16-7-3-8-17(16)18/h10,12-13,21H,2-9,11H2,1H3,(H2,22,23,24)/b12-10+/t20-/m0/s1. The van der Waals surface area contributed by atoms with E-state index in [2.05, 4.69) is 15.4 Å². The molecular formula is C20H27N3O3S. The molecule has 0 radical (unpaired) electrons. The monoisotopic (exact) mass is 389 g/mol. The van der Waals surface area contributed by atoms with Crippen LogP contribution in [0, 0.1) is 0 Å². The van der Waals surface area contributed by atoms with Gasteiger partial charge < -0.3 is 10.6 Å². The molecule has 0 spiro atoms. The third-order valence-corrected chi connectivity index (χ3v) is 6.95. The third-order valence-electron chi connectivity index (χ3n) is 5.99. The summed E-state index contributed by atoms with van der Waals surface area (Å²) >= 11 is 0. The number of amides is 2. The van der Waals surface area contributed by atoms with Gasteiger partial charge in [-0.15, -0.1) is 0 Å². The third kappa shape index (κ3) is 3.89. The van der Waals surface area contributed by atoms with E-state index in [1.165, 1.54) is 22.3 Å². The van der Waals surface area contributed by atoms with E-state index < -0.39 is 16.1 Å². The molecule has 1 aromatic rings. The minimum atomic E-state index is -3.83. The van der Waals surface area contributed by atoms with E-state index in [0.29, 0.717) is 0 Å². The van der Waals surface area contributed by atoms with Gasteiger partial charge >= 0.3 is 6.03 Å². The summed E-state index contributed by atoms with van der Waals surface area (Å²) in [6, 6.07) is 1.34. The van der Waals surface area contributed by atoms with Crippen molar-refractivity contribution < 1.29 is 13.2 Å². The molecule has 0 unspecified atom stereocenters. The maximum absolute atomic E-state index is 12.4. The Hall–Kier alpha value is -1.86. The van der Waals surface area contributed by atoms with Crippen molar-refractivity contribution in [3.05, 3.63) is 39.8 Å². The summed E-state index contributed by atoms with van der Waals surface area (Å²) < 4.78 is 26.6. The number of hydrogen-bond acceptors (Lipinski definition) is 4. The normalized spacial score (nSPS) is 24.2.